The van der Waals surface area contributed by atoms with Crippen LogP contribution in [0.5, 0.6) is 5.75 Å². The van der Waals surface area contributed by atoms with E-state index in [9.17, 15) is 8.78 Å². The molecule has 19 heavy (non-hydrogen) atoms. The molecule has 1 rings (SSSR count). The summed E-state index contributed by atoms with van der Waals surface area (Å²) in [6, 6.07) is 3.48. The van der Waals surface area contributed by atoms with Crippen molar-refractivity contribution in [3.05, 3.63) is 54.3 Å². The molecule has 0 N–H and O–H groups in total. The SMILES string of the molecule is C=C/C=C(\CC(C)N(C)C)Oc1ccc(F)cc1F. The maximum atomic E-state index is 13.5. The summed E-state index contributed by atoms with van der Waals surface area (Å²) in [7, 11) is 3.91. The number of halogens is 2. The molecule has 0 fully saturated rings. The van der Waals surface area contributed by atoms with Crippen molar-refractivity contribution in [2.75, 3.05) is 14.1 Å². The van der Waals surface area contributed by atoms with Gasteiger partial charge in [0.1, 0.15) is 11.6 Å². The molecule has 0 saturated carbocycles. The molecule has 0 aromatic heterocycles. The van der Waals surface area contributed by atoms with Crippen molar-refractivity contribution in [1.82, 2.24) is 4.90 Å². The standard InChI is InChI=1S/C15H19F2NO/c1-5-6-13(9-11(2)18(3)4)19-15-8-7-12(16)10-14(15)17/h5-8,10-11H,1,9H2,2-4H3/b13-6+. The summed E-state index contributed by atoms with van der Waals surface area (Å²) in [5, 5.41) is 0. The number of ether oxygens (including phenoxy) is 1. The molecule has 0 spiro atoms. The Hall–Kier alpha value is -1.68. The lowest BCUT2D eigenvalue weighted by molar-refractivity contribution is 0.275. The van der Waals surface area contributed by atoms with Crippen LogP contribution in [0.4, 0.5) is 8.78 Å². The highest BCUT2D eigenvalue weighted by molar-refractivity contribution is 5.27. The summed E-state index contributed by atoms with van der Waals surface area (Å²) in [5.74, 6) is -0.740. The summed E-state index contributed by atoms with van der Waals surface area (Å²) in [5.41, 5.74) is 0. The topological polar surface area (TPSA) is 12.5 Å². The van der Waals surface area contributed by atoms with Crippen LogP contribution in [0.3, 0.4) is 0 Å². The third kappa shape index (κ3) is 4.83. The van der Waals surface area contributed by atoms with E-state index < -0.39 is 11.6 Å². The first-order valence-electron chi connectivity index (χ1n) is 6.05. The van der Waals surface area contributed by atoms with Gasteiger partial charge in [-0.1, -0.05) is 12.7 Å². The number of nitrogens with zero attached hydrogens (tertiary/aromatic N) is 1. The molecule has 0 amide bonds. The Morgan fingerprint density at radius 1 is 1.42 bits per heavy atom. The van der Waals surface area contributed by atoms with Gasteiger partial charge in [-0.25, -0.2) is 8.78 Å². The van der Waals surface area contributed by atoms with Gasteiger partial charge in [0.05, 0.1) is 0 Å². The van der Waals surface area contributed by atoms with E-state index in [2.05, 4.69) is 6.58 Å². The largest absolute Gasteiger partial charge is 0.459 e. The predicted molar refractivity (Wildman–Crippen MR) is 73.0 cm³/mol. The minimum absolute atomic E-state index is 0.0143. The monoisotopic (exact) mass is 267 g/mol. The maximum Gasteiger partial charge on any atom is 0.168 e. The van der Waals surface area contributed by atoms with Crippen molar-refractivity contribution < 1.29 is 13.5 Å². The Morgan fingerprint density at radius 2 is 2.11 bits per heavy atom. The van der Waals surface area contributed by atoms with Gasteiger partial charge in [0.15, 0.2) is 11.6 Å². The molecule has 2 nitrogen and oxygen atoms in total. The second kappa shape index (κ2) is 7.04. The van der Waals surface area contributed by atoms with E-state index in [1.165, 1.54) is 12.1 Å². The number of allylic oxidation sites excluding steroid dienone is 2. The third-order valence-electron chi connectivity index (χ3n) is 2.82. The zero-order valence-corrected chi connectivity index (χ0v) is 11.5. The van der Waals surface area contributed by atoms with Gasteiger partial charge in [0.25, 0.3) is 0 Å². The van der Waals surface area contributed by atoms with Gasteiger partial charge in [-0.3, -0.25) is 0 Å². The van der Waals surface area contributed by atoms with Crippen LogP contribution in [-0.4, -0.2) is 25.0 Å². The molecule has 1 unspecified atom stereocenters. The quantitative estimate of drug-likeness (QED) is 0.575. The van der Waals surface area contributed by atoms with E-state index in [1.54, 1.807) is 12.2 Å². The van der Waals surface area contributed by atoms with Crippen LogP contribution >= 0.6 is 0 Å². The highest BCUT2D eigenvalue weighted by Gasteiger charge is 2.12. The fourth-order valence-corrected chi connectivity index (χ4v) is 1.45. The maximum absolute atomic E-state index is 13.5. The number of hydrogen-bond acceptors (Lipinski definition) is 2. The lowest BCUT2D eigenvalue weighted by Crippen LogP contribution is -2.25. The smallest absolute Gasteiger partial charge is 0.168 e. The second-order valence-electron chi connectivity index (χ2n) is 4.56. The molecule has 0 aliphatic rings. The Morgan fingerprint density at radius 3 is 2.63 bits per heavy atom. The molecule has 1 aromatic carbocycles. The molecule has 1 atom stereocenters. The Kier molecular flexibility index (Phi) is 5.70. The number of rotatable bonds is 6. The van der Waals surface area contributed by atoms with Gasteiger partial charge in [0.2, 0.25) is 0 Å². The average Bonchev–Trinajstić information content (AvgIpc) is 2.32. The fourth-order valence-electron chi connectivity index (χ4n) is 1.45. The van der Waals surface area contributed by atoms with E-state index in [1.807, 2.05) is 25.9 Å². The predicted octanol–water partition coefficient (Wildman–Crippen LogP) is 3.75. The lowest BCUT2D eigenvalue weighted by Gasteiger charge is -2.21. The van der Waals surface area contributed by atoms with E-state index in [0.717, 1.165) is 6.07 Å². The normalized spacial score (nSPS) is 13.5. The van der Waals surface area contributed by atoms with Crippen molar-refractivity contribution >= 4 is 0 Å². The van der Waals surface area contributed by atoms with E-state index in [0.29, 0.717) is 12.2 Å². The first-order valence-corrected chi connectivity index (χ1v) is 6.05. The first-order chi connectivity index (χ1) is 8.93. The zero-order chi connectivity index (χ0) is 14.4. The number of hydrogen-bond donors (Lipinski definition) is 0. The van der Waals surface area contributed by atoms with Gasteiger partial charge in [-0.15, -0.1) is 0 Å². The molecule has 0 radical (unpaired) electrons. The van der Waals surface area contributed by atoms with Crippen LogP contribution < -0.4 is 4.74 Å². The molecule has 4 heteroatoms. The summed E-state index contributed by atoms with van der Waals surface area (Å²) in [6.07, 6.45) is 3.87. The molecule has 0 saturated heterocycles. The lowest BCUT2D eigenvalue weighted by atomic mass is 10.2. The average molecular weight is 267 g/mol. The van der Waals surface area contributed by atoms with Crippen molar-refractivity contribution in [2.45, 2.75) is 19.4 Å². The van der Waals surface area contributed by atoms with E-state index in [-0.39, 0.29) is 11.8 Å². The van der Waals surface area contributed by atoms with Crippen molar-refractivity contribution in [2.24, 2.45) is 0 Å². The van der Waals surface area contributed by atoms with Crippen LogP contribution in [0, 0.1) is 11.6 Å². The molecule has 0 aliphatic heterocycles. The van der Waals surface area contributed by atoms with Crippen LogP contribution in [0.15, 0.2) is 42.7 Å². The molecular weight excluding hydrogens is 248 g/mol. The molecule has 104 valence electrons. The summed E-state index contributed by atoms with van der Waals surface area (Å²) >= 11 is 0. The van der Waals surface area contributed by atoms with E-state index in [4.69, 9.17) is 4.74 Å². The van der Waals surface area contributed by atoms with Crippen LogP contribution in [0.2, 0.25) is 0 Å². The Balaban J connectivity index is 2.84. The van der Waals surface area contributed by atoms with Gasteiger partial charge in [-0.2, -0.15) is 0 Å². The van der Waals surface area contributed by atoms with Gasteiger partial charge < -0.3 is 9.64 Å². The fraction of sp³-hybridized carbons (Fsp3) is 0.333. The van der Waals surface area contributed by atoms with Crippen molar-refractivity contribution in [3.8, 4) is 5.75 Å². The van der Waals surface area contributed by atoms with Crippen LogP contribution in [0.1, 0.15) is 13.3 Å². The van der Waals surface area contributed by atoms with Crippen LogP contribution in [-0.2, 0) is 0 Å². The Labute approximate surface area is 113 Å². The summed E-state index contributed by atoms with van der Waals surface area (Å²) in [6.45, 7) is 5.64. The second-order valence-corrected chi connectivity index (χ2v) is 4.56. The molecule has 1 aromatic rings. The molecule has 0 bridgehead atoms. The highest BCUT2D eigenvalue weighted by atomic mass is 19.1. The van der Waals surface area contributed by atoms with E-state index >= 15 is 0 Å². The van der Waals surface area contributed by atoms with Crippen molar-refractivity contribution in [1.29, 1.82) is 0 Å². The van der Waals surface area contributed by atoms with Crippen LogP contribution in [0.25, 0.3) is 0 Å². The zero-order valence-electron chi connectivity index (χ0n) is 11.5. The first kappa shape index (κ1) is 15.4. The minimum atomic E-state index is -0.715. The minimum Gasteiger partial charge on any atom is -0.459 e. The van der Waals surface area contributed by atoms with Crippen molar-refractivity contribution in [3.63, 3.8) is 0 Å². The molecular formula is C15H19F2NO. The number of benzene rings is 1. The third-order valence-corrected chi connectivity index (χ3v) is 2.82. The molecule has 0 heterocycles. The molecule has 0 aliphatic carbocycles. The van der Waals surface area contributed by atoms with Gasteiger partial charge in [0, 0.05) is 18.5 Å². The summed E-state index contributed by atoms with van der Waals surface area (Å²) in [4.78, 5) is 2.03. The van der Waals surface area contributed by atoms with Gasteiger partial charge >= 0.3 is 0 Å². The highest BCUT2D eigenvalue weighted by Crippen LogP contribution is 2.22. The van der Waals surface area contributed by atoms with Gasteiger partial charge in [-0.05, 0) is 39.2 Å². The Bertz CT molecular complexity index is 469. The summed E-state index contributed by atoms with van der Waals surface area (Å²) < 4.78 is 31.8.